The summed E-state index contributed by atoms with van der Waals surface area (Å²) in [5.41, 5.74) is 8.08. The Morgan fingerprint density at radius 1 is 1.43 bits per heavy atom. The minimum Gasteiger partial charge on any atom is -0.373 e. The van der Waals surface area contributed by atoms with E-state index >= 15 is 0 Å². The highest BCUT2D eigenvalue weighted by Crippen LogP contribution is 2.23. The van der Waals surface area contributed by atoms with E-state index in [0.717, 1.165) is 6.21 Å². The summed E-state index contributed by atoms with van der Waals surface area (Å²) in [5, 5.41) is 0. The molecule has 0 unspecified atom stereocenters. The summed E-state index contributed by atoms with van der Waals surface area (Å²) in [5.74, 6) is 0.325. The van der Waals surface area contributed by atoms with E-state index in [1.165, 1.54) is 32.1 Å². The minimum absolute atomic E-state index is 0.0283. The third kappa shape index (κ3) is 4.30. The number of hydrogen-bond donors (Lipinski definition) is 0. The van der Waals surface area contributed by atoms with Crippen molar-refractivity contribution in [1.82, 2.24) is 0 Å². The zero-order valence-corrected chi connectivity index (χ0v) is 8.32. The number of ketones is 1. The molecule has 0 spiro atoms. The van der Waals surface area contributed by atoms with E-state index in [1.54, 1.807) is 0 Å². The Labute approximate surface area is 83.9 Å². The Kier molecular flexibility index (Phi) is 5.12. The molecule has 0 aromatic rings. The van der Waals surface area contributed by atoms with E-state index in [0.29, 0.717) is 12.5 Å². The Bertz CT molecular complexity index is 228. The summed E-state index contributed by atoms with van der Waals surface area (Å²) in [6.45, 7) is 0.686. The van der Waals surface area contributed by atoms with Crippen LogP contribution in [0, 0.1) is 5.92 Å². The van der Waals surface area contributed by atoms with Gasteiger partial charge in [-0.25, -0.2) is 0 Å². The van der Waals surface area contributed by atoms with Crippen molar-refractivity contribution in [3.8, 4) is 0 Å². The fraction of sp³-hybridized carbons (Fsp3) is 0.800. The van der Waals surface area contributed by atoms with Crippen molar-refractivity contribution in [2.45, 2.75) is 32.1 Å². The first-order valence-corrected chi connectivity index (χ1v) is 5.11. The van der Waals surface area contributed by atoms with Crippen LogP contribution >= 0.6 is 0 Å². The van der Waals surface area contributed by atoms with E-state index in [9.17, 15) is 4.79 Å². The summed E-state index contributed by atoms with van der Waals surface area (Å²) in [7, 11) is 0. The Hall–Kier alpha value is -0.990. The average Bonchev–Trinajstić information content (AvgIpc) is 2.20. The summed E-state index contributed by atoms with van der Waals surface area (Å²) in [6, 6.07) is 0. The maximum absolute atomic E-state index is 10.9. The molecule has 0 aromatic carbocycles. The lowest BCUT2D eigenvalue weighted by Gasteiger charge is -2.20. The largest absolute Gasteiger partial charge is 0.373 e. The second kappa shape index (κ2) is 6.46. The van der Waals surface area contributed by atoms with E-state index in [1.807, 2.05) is 0 Å². The normalized spacial score (nSPS) is 17.4. The molecule has 0 aliphatic heterocycles. The first kappa shape index (κ1) is 11.1. The van der Waals surface area contributed by atoms with Crippen LogP contribution in [0.2, 0.25) is 0 Å². The van der Waals surface area contributed by atoms with Gasteiger partial charge in [-0.1, -0.05) is 19.3 Å². The number of carbonyl (C=O) groups excluding carboxylic acids is 1. The van der Waals surface area contributed by atoms with Gasteiger partial charge in [0.2, 0.25) is 0 Å². The number of Topliss-reactive ketones (excluding diaryl/α,β-unsaturated/α-hetero) is 1. The van der Waals surface area contributed by atoms with Crippen LogP contribution in [0.25, 0.3) is 5.53 Å². The molecule has 0 amide bonds. The van der Waals surface area contributed by atoms with Crippen molar-refractivity contribution in [3.63, 3.8) is 0 Å². The van der Waals surface area contributed by atoms with Crippen molar-refractivity contribution >= 4 is 12.0 Å². The Morgan fingerprint density at radius 2 is 2.14 bits per heavy atom. The van der Waals surface area contributed by atoms with Crippen molar-refractivity contribution in [2.75, 3.05) is 13.2 Å². The lowest BCUT2D eigenvalue weighted by Crippen LogP contribution is -2.17. The van der Waals surface area contributed by atoms with Crippen molar-refractivity contribution in [3.05, 3.63) is 5.53 Å². The predicted octanol–water partition coefficient (Wildman–Crippen LogP) is 1.45. The third-order valence-corrected chi connectivity index (χ3v) is 2.52. The predicted molar refractivity (Wildman–Crippen MR) is 52.1 cm³/mol. The fourth-order valence-electron chi connectivity index (χ4n) is 1.78. The molecule has 1 fully saturated rings. The van der Waals surface area contributed by atoms with Crippen molar-refractivity contribution in [1.29, 1.82) is 0 Å². The van der Waals surface area contributed by atoms with Gasteiger partial charge < -0.3 is 10.3 Å². The molecule has 14 heavy (non-hydrogen) atoms. The summed E-state index contributed by atoms with van der Waals surface area (Å²) in [4.78, 5) is 13.5. The van der Waals surface area contributed by atoms with Crippen LogP contribution in [-0.2, 0) is 9.53 Å². The lowest BCUT2D eigenvalue weighted by atomic mass is 9.90. The molecule has 0 atom stereocenters. The van der Waals surface area contributed by atoms with Gasteiger partial charge in [0.25, 0.3) is 5.78 Å². The Morgan fingerprint density at radius 3 is 2.79 bits per heavy atom. The van der Waals surface area contributed by atoms with Gasteiger partial charge in [0.15, 0.2) is 0 Å². The summed E-state index contributed by atoms with van der Waals surface area (Å²) in [6.07, 6.45) is 7.18. The second-order valence-corrected chi connectivity index (χ2v) is 3.73. The zero-order valence-electron chi connectivity index (χ0n) is 8.32. The number of carbonyl (C=O) groups is 1. The van der Waals surface area contributed by atoms with E-state index < -0.39 is 0 Å². The topological polar surface area (TPSA) is 62.7 Å². The van der Waals surface area contributed by atoms with Crippen LogP contribution in [0.5, 0.6) is 0 Å². The molecule has 0 aromatic heterocycles. The molecule has 1 saturated carbocycles. The molecule has 4 heteroatoms. The average molecular weight is 196 g/mol. The SMILES string of the molecule is [N-]=[N+]=CC(=O)COCC1CCCCC1. The minimum atomic E-state index is -0.289. The van der Waals surface area contributed by atoms with Gasteiger partial charge in [-0.05, 0) is 18.8 Å². The van der Waals surface area contributed by atoms with Crippen LogP contribution in [0.3, 0.4) is 0 Å². The highest BCUT2D eigenvalue weighted by Gasteiger charge is 2.14. The van der Waals surface area contributed by atoms with Gasteiger partial charge in [0.05, 0.1) is 6.61 Å². The second-order valence-electron chi connectivity index (χ2n) is 3.73. The molecule has 0 bridgehead atoms. The number of rotatable bonds is 5. The van der Waals surface area contributed by atoms with Gasteiger partial charge in [0.1, 0.15) is 6.61 Å². The van der Waals surface area contributed by atoms with Crippen LogP contribution < -0.4 is 0 Å². The molecule has 0 N–H and O–H groups in total. The first-order valence-electron chi connectivity index (χ1n) is 5.11. The molecule has 4 nitrogen and oxygen atoms in total. The quantitative estimate of drug-likeness (QED) is 0.379. The van der Waals surface area contributed by atoms with E-state index in [-0.39, 0.29) is 12.4 Å². The fourth-order valence-corrected chi connectivity index (χ4v) is 1.78. The molecule has 0 radical (unpaired) electrons. The number of ether oxygens (including phenoxy) is 1. The molecule has 1 aliphatic rings. The molecular formula is C10H16N2O2. The third-order valence-electron chi connectivity index (χ3n) is 2.52. The summed E-state index contributed by atoms with van der Waals surface area (Å²) >= 11 is 0. The van der Waals surface area contributed by atoms with Crippen molar-refractivity contribution in [2.24, 2.45) is 5.92 Å². The number of nitrogens with zero attached hydrogens (tertiary/aromatic N) is 2. The van der Waals surface area contributed by atoms with E-state index in [2.05, 4.69) is 4.79 Å². The van der Waals surface area contributed by atoms with Gasteiger partial charge in [-0.2, -0.15) is 4.79 Å². The van der Waals surface area contributed by atoms with Crippen LogP contribution in [0.15, 0.2) is 0 Å². The van der Waals surface area contributed by atoms with Gasteiger partial charge in [-0.3, -0.25) is 4.79 Å². The molecule has 0 saturated heterocycles. The number of hydrogen-bond acceptors (Lipinski definition) is 2. The van der Waals surface area contributed by atoms with Crippen LogP contribution in [0.4, 0.5) is 0 Å². The van der Waals surface area contributed by atoms with Crippen LogP contribution in [-0.4, -0.2) is 30.0 Å². The van der Waals surface area contributed by atoms with Gasteiger partial charge in [0, 0.05) is 0 Å². The molecule has 0 heterocycles. The maximum Gasteiger partial charge on any atom is 0.325 e. The van der Waals surface area contributed by atoms with Crippen LogP contribution in [0.1, 0.15) is 32.1 Å². The molecular weight excluding hydrogens is 180 g/mol. The Balaban J connectivity index is 2.07. The molecule has 1 aliphatic carbocycles. The van der Waals surface area contributed by atoms with Gasteiger partial charge >= 0.3 is 6.21 Å². The monoisotopic (exact) mass is 196 g/mol. The zero-order chi connectivity index (χ0) is 10.2. The van der Waals surface area contributed by atoms with E-state index in [4.69, 9.17) is 10.3 Å². The summed E-state index contributed by atoms with van der Waals surface area (Å²) < 4.78 is 5.24. The van der Waals surface area contributed by atoms with Gasteiger partial charge in [-0.15, -0.1) is 0 Å². The molecule has 78 valence electrons. The standard InChI is InChI=1S/C10H16N2O2/c11-12-6-10(13)8-14-7-9-4-2-1-3-5-9/h6,9H,1-5,7-8H2. The maximum atomic E-state index is 10.9. The van der Waals surface area contributed by atoms with Crippen molar-refractivity contribution < 1.29 is 14.3 Å². The highest BCUT2D eigenvalue weighted by atomic mass is 16.5. The highest BCUT2D eigenvalue weighted by molar-refractivity contribution is 6.25. The lowest BCUT2D eigenvalue weighted by molar-refractivity contribution is -0.120. The smallest absolute Gasteiger partial charge is 0.325 e. The molecule has 1 rings (SSSR count). The first-order chi connectivity index (χ1) is 6.83.